The third-order valence-corrected chi connectivity index (χ3v) is 4.98. The largest absolute Gasteiger partial charge is 0.381 e. The molecule has 1 N–H and O–H groups in total. The molecule has 102 valence electrons. The number of thiophene rings is 1. The van der Waals surface area contributed by atoms with Gasteiger partial charge in [0.25, 0.3) is 0 Å². The van der Waals surface area contributed by atoms with Gasteiger partial charge in [-0.15, -0.1) is 11.3 Å². The number of rotatable bonds is 6. The Hall–Kier alpha value is -0.420. The van der Waals surface area contributed by atoms with Crippen molar-refractivity contribution >= 4 is 11.3 Å². The van der Waals surface area contributed by atoms with Gasteiger partial charge < -0.3 is 10.1 Å². The molecule has 0 saturated carbocycles. The van der Waals surface area contributed by atoms with E-state index in [1.807, 2.05) is 18.4 Å². The lowest BCUT2D eigenvalue weighted by Gasteiger charge is -2.35. The van der Waals surface area contributed by atoms with Crippen LogP contribution in [0.15, 0.2) is 17.5 Å². The lowest BCUT2D eigenvalue weighted by Crippen LogP contribution is -2.43. The molecule has 2 rings (SSSR count). The number of nitrogens with zero attached hydrogens (tertiary/aromatic N) is 1. The average molecular weight is 268 g/mol. The Morgan fingerprint density at radius 2 is 2.44 bits per heavy atom. The highest BCUT2D eigenvalue weighted by Gasteiger charge is 2.36. The molecule has 0 aromatic carbocycles. The van der Waals surface area contributed by atoms with Gasteiger partial charge in [-0.05, 0) is 38.9 Å². The molecule has 18 heavy (non-hydrogen) atoms. The molecule has 1 saturated heterocycles. The van der Waals surface area contributed by atoms with Crippen LogP contribution in [0.5, 0.6) is 0 Å². The van der Waals surface area contributed by atoms with Crippen LogP contribution in [0.2, 0.25) is 0 Å². The molecule has 0 bridgehead atoms. The molecular weight excluding hydrogens is 244 g/mol. The second-order valence-electron chi connectivity index (χ2n) is 5.44. The first-order valence-electron chi connectivity index (χ1n) is 6.63. The minimum Gasteiger partial charge on any atom is -0.381 e. The molecule has 1 aromatic heterocycles. The normalized spacial score (nSPS) is 25.8. The Labute approximate surface area is 114 Å². The lowest BCUT2D eigenvalue weighted by molar-refractivity contribution is 0.106. The zero-order chi connectivity index (χ0) is 13.0. The van der Waals surface area contributed by atoms with E-state index in [0.717, 1.165) is 32.7 Å². The molecule has 0 spiro atoms. The maximum atomic E-state index is 5.62. The molecule has 4 heteroatoms. The van der Waals surface area contributed by atoms with Crippen LogP contribution in [-0.4, -0.2) is 45.3 Å². The molecule has 1 aromatic rings. The first-order chi connectivity index (χ1) is 8.67. The Bertz CT molecular complexity index is 347. The predicted molar refractivity (Wildman–Crippen MR) is 77.2 cm³/mol. The van der Waals surface area contributed by atoms with Gasteiger partial charge in [-0.25, -0.2) is 0 Å². The number of hydrogen-bond donors (Lipinski definition) is 1. The summed E-state index contributed by atoms with van der Waals surface area (Å²) in [6, 6.07) is 4.84. The van der Waals surface area contributed by atoms with Gasteiger partial charge in [0.1, 0.15) is 0 Å². The second kappa shape index (κ2) is 6.15. The van der Waals surface area contributed by atoms with E-state index in [4.69, 9.17) is 4.74 Å². The Kier molecular flexibility index (Phi) is 4.78. The zero-order valence-corrected chi connectivity index (χ0v) is 12.4. The van der Waals surface area contributed by atoms with Crippen molar-refractivity contribution in [3.63, 3.8) is 0 Å². The smallest absolute Gasteiger partial charge is 0.0547 e. The van der Waals surface area contributed by atoms with E-state index in [1.165, 1.54) is 4.88 Å². The Balaban J connectivity index is 1.98. The van der Waals surface area contributed by atoms with Gasteiger partial charge in [-0.2, -0.15) is 0 Å². The fourth-order valence-electron chi connectivity index (χ4n) is 2.76. The van der Waals surface area contributed by atoms with E-state index in [2.05, 4.69) is 41.7 Å². The molecule has 1 fully saturated rings. The number of ether oxygens (including phenoxy) is 1. The highest BCUT2D eigenvalue weighted by molar-refractivity contribution is 7.10. The topological polar surface area (TPSA) is 24.5 Å². The SMILES string of the molecule is CNCC1(CN(C)C(C)c2cccs2)CCOC1. The highest BCUT2D eigenvalue weighted by Crippen LogP contribution is 2.32. The average Bonchev–Trinajstić information content (AvgIpc) is 2.99. The molecule has 2 unspecified atom stereocenters. The van der Waals surface area contributed by atoms with Crippen LogP contribution in [0.4, 0.5) is 0 Å². The van der Waals surface area contributed by atoms with Gasteiger partial charge in [0.05, 0.1) is 6.61 Å². The summed E-state index contributed by atoms with van der Waals surface area (Å²) in [5.41, 5.74) is 0.287. The van der Waals surface area contributed by atoms with Gasteiger partial charge in [-0.3, -0.25) is 4.90 Å². The minimum atomic E-state index is 0.287. The van der Waals surface area contributed by atoms with Crippen LogP contribution in [0.25, 0.3) is 0 Å². The Morgan fingerprint density at radius 1 is 1.61 bits per heavy atom. The summed E-state index contributed by atoms with van der Waals surface area (Å²) in [6.45, 7) is 6.20. The molecular formula is C14H24N2OS. The maximum absolute atomic E-state index is 5.62. The number of hydrogen-bond acceptors (Lipinski definition) is 4. The van der Waals surface area contributed by atoms with Crippen LogP contribution in [-0.2, 0) is 4.74 Å². The third kappa shape index (κ3) is 3.12. The summed E-state index contributed by atoms with van der Waals surface area (Å²) < 4.78 is 5.62. The first-order valence-corrected chi connectivity index (χ1v) is 7.51. The molecule has 0 aliphatic carbocycles. The van der Waals surface area contributed by atoms with Crippen molar-refractivity contribution in [2.75, 3.05) is 40.4 Å². The van der Waals surface area contributed by atoms with E-state index in [0.29, 0.717) is 6.04 Å². The molecule has 2 atom stereocenters. The van der Waals surface area contributed by atoms with Gasteiger partial charge in [0.15, 0.2) is 0 Å². The Morgan fingerprint density at radius 3 is 3.00 bits per heavy atom. The van der Waals surface area contributed by atoms with Crippen molar-refractivity contribution in [1.82, 2.24) is 10.2 Å². The fourth-order valence-corrected chi connectivity index (χ4v) is 3.61. The second-order valence-corrected chi connectivity index (χ2v) is 6.42. The number of nitrogens with one attached hydrogen (secondary N) is 1. The summed E-state index contributed by atoms with van der Waals surface area (Å²) in [6.07, 6.45) is 1.16. The standard InChI is InChI=1S/C14H24N2OS/c1-12(13-5-4-8-18-13)16(3)10-14(9-15-2)6-7-17-11-14/h4-5,8,12,15H,6-7,9-11H2,1-3H3. The van der Waals surface area contributed by atoms with Gasteiger partial charge in [0, 0.05) is 36.0 Å². The molecule has 0 radical (unpaired) electrons. The van der Waals surface area contributed by atoms with Crippen molar-refractivity contribution < 1.29 is 4.74 Å². The molecule has 0 amide bonds. The fraction of sp³-hybridized carbons (Fsp3) is 0.714. The van der Waals surface area contributed by atoms with Crippen molar-refractivity contribution in [3.8, 4) is 0 Å². The van der Waals surface area contributed by atoms with E-state index >= 15 is 0 Å². The molecule has 3 nitrogen and oxygen atoms in total. The zero-order valence-electron chi connectivity index (χ0n) is 11.6. The molecule has 2 heterocycles. The van der Waals surface area contributed by atoms with Crippen molar-refractivity contribution in [3.05, 3.63) is 22.4 Å². The third-order valence-electron chi connectivity index (χ3n) is 3.94. The summed E-state index contributed by atoms with van der Waals surface area (Å²) >= 11 is 1.84. The quantitative estimate of drug-likeness (QED) is 0.857. The van der Waals surface area contributed by atoms with Crippen molar-refractivity contribution in [1.29, 1.82) is 0 Å². The van der Waals surface area contributed by atoms with E-state index < -0.39 is 0 Å². The van der Waals surface area contributed by atoms with Gasteiger partial charge >= 0.3 is 0 Å². The van der Waals surface area contributed by atoms with E-state index in [9.17, 15) is 0 Å². The van der Waals surface area contributed by atoms with Crippen LogP contribution < -0.4 is 5.32 Å². The van der Waals surface area contributed by atoms with Crippen LogP contribution in [0, 0.1) is 5.41 Å². The summed E-state index contributed by atoms with van der Waals surface area (Å²) in [7, 11) is 4.25. The van der Waals surface area contributed by atoms with E-state index in [-0.39, 0.29) is 5.41 Å². The predicted octanol–water partition coefficient (Wildman–Crippen LogP) is 2.37. The van der Waals surface area contributed by atoms with Gasteiger partial charge in [0.2, 0.25) is 0 Å². The summed E-state index contributed by atoms with van der Waals surface area (Å²) in [4.78, 5) is 3.90. The van der Waals surface area contributed by atoms with Crippen molar-refractivity contribution in [2.45, 2.75) is 19.4 Å². The molecule has 1 aliphatic rings. The lowest BCUT2D eigenvalue weighted by atomic mass is 9.86. The van der Waals surface area contributed by atoms with Gasteiger partial charge in [-0.1, -0.05) is 6.07 Å². The molecule has 1 aliphatic heterocycles. The monoisotopic (exact) mass is 268 g/mol. The van der Waals surface area contributed by atoms with Crippen LogP contribution in [0.3, 0.4) is 0 Å². The van der Waals surface area contributed by atoms with E-state index in [1.54, 1.807) is 0 Å². The van der Waals surface area contributed by atoms with Crippen LogP contribution >= 0.6 is 11.3 Å². The highest BCUT2D eigenvalue weighted by atomic mass is 32.1. The summed E-state index contributed by atoms with van der Waals surface area (Å²) in [5.74, 6) is 0. The minimum absolute atomic E-state index is 0.287. The summed E-state index contributed by atoms with van der Waals surface area (Å²) in [5, 5.41) is 5.48. The van der Waals surface area contributed by atoms with Crippen LogP contribution in [0.1, 0.15) is 24.3 Å². The van der Waals surface area contributed by atoms with Crippen molar-refractivity contribution in [2.24, 2.45) is 5.41 Å². The first kappa shape index (κ1) is 14.0. The maximum Gasteiger partial charge on any atom is 0.0547 e.